The van der Waals surface area contributed by atoms with Crippen molar-refractivity contribution in [1.82, 2.24) is 0 Å². The van der Waals surface area contributed by atoms with Gasteiger partial charge in [0.2, 0.25) is 0 Å². The Bertz CT molecular complexity index is 197. The summed E-state index contributed by atoms with van der Waals surface area (Å²) in [6.07, 6.45) is -6.23. The van der Waals surface area contributed by atoms with Crippen molar-refractivity contribution < 1.29 is 30.7 Å². The highest BCUT2D eigenvalue weighted by atomic mass is 127. The molecule has 0 bridgehead atoms. The van der Waals surface area contributed by atoms with E-state index in [0.717, 1.165) is 0 Å². The minimum absolute atomic E-state index is 0.490. The number of hydrogen-bond acceptors (Lipinski definition) is 0. The van der Waals surface area contributed by atoms with Crippen LogP contribution in [0.25, 0.3) is 0 Å². The molecular formula is C6H6F7I. The van der Waals surface area contributed by atoms with Gasteiger partial charge >= 0.3 is 18.0 Å². The second-order valence-corrected chi connectivity index (χ2v) is 3.63. The van der Waals surface area contributed by atoms with Crippen LogP contribution >= 0.6 is 22.6 Å². The third kappa shape index (κ3) is 2.25. The van der Waals surface area contributed by atoms with Crippen molar-refractivity contribution in [2.45, 2.75) is 24.9 Å². The predicted molar refractivity (Wildman–Crippen MR) is 44.0 cm³/mol. The van der Waals surface area contributed by atoms with Crippen LogP contribution in [0.1, 0.15) is 6.92 Å². The Balaban J connectivity index is 5.07. The molecule has 0 fully saturated rings. The summed E-state index contributed by atoms with van der Waals surface area (Å²) in [5.41, 5.74) is 0. The van der Waals surface area contributed by atoms with Gasteiger partial charge in [-0.1, -0.05) is 29.5 Å². The van der Waals surface area contributed by atoms with Crippen LogP contribution in [-0.4, -0.2) is 22.4 Å². The molecule has 1 unspecified atom stereocenters. The van der Waals surface area contributed by atoms with Crippen LogP contribution in [0, 0.1) is 5.92 Å². The van der Waals surface area contributed by atoms with Gasteiger partial charge in [0.15, 0.2) is 0 Å². The van der Waals surface area contributed by atoms with Gasteiger partial charge in [0.25, 0.3) is 0 Å². The fourth-order valence-electron chi connectivity index (χ4n) is 0.595. The molecule has 0 heterocycles. The van der Waals surface area contributed by atoms with E-state index < -0.39 is 28.4 Å². The first kappa shape index (κ1) is 14.2. The Morgan fingerprint density at radius 3 is 1.57 bits per heavy atom. The molecule has 0 rings (SSSR count). The van der Waals surface area contributed by atoms with Crippen molar-refractivity contribution in [3.05, 3.63) is 0 Å². The number of halogens is 8. The van der Waals surface area contributed by atoms with E-state index >= 15 is 0 Å². The maximum Gasteiger partial charge on any atom is 0.459 e. The maximum absolute atomic E-state index is 12.6. The largest absolute Gasteiger partial charge is 0.459 e. The zero-order valence-electron chi connectivity index (χ0n) is 6.81. The molecule has 0 N–H and O–H groups in total. The van der Waals surface area contributed by atoms with Gasteiger partial charge < -0.3 is 0 Å². The third-order valence-electron chi connectivity index (χ3n) is 1.63. The van der Waals surface area contributed by atoms with Crippen molar-refractivity contribution in [2.24, 2.45) is 5.92 Å². The van der Waals surface area contributed by atoms with E-state index in [1.165, 1.54) is 22.6 Å². The molecule has 0 nitrogen and oxygen atoms in total. The molecular weight excluding hydrogens is 332 g/mol. The summed E-state index contributed by atoms with van der Waals surface area (Å²) >= 11 is 1.33. The Morgan fingerprint density at radius 2 is 1.36 bits per heavy atom. The van der Waals surface area contributed by atoms with Crippen LogP contribution in [-0.2, 0) is 0 Å². The summed E-state index contributed by atoms with van der Waals surface area (Å²) in [5, 5.41) is 0. The summed E-state index contributed by atoms with van der Waals surface area (Å²) in [5.74, 6) is -13.1. The molecule has 0 aromatic rings. The van der Waals surface area contributed by atoms with E-state index in [1.54, 1.807) is 0 Å². The van der Waals surface area contributed by atoms with Crippen LogP contribution < -0.4 is 0 Å². The lowest BCUT2D eigenvalue weighted by Gasteiger charge is -2.31. The van der Waals surface area contributed by atoms with Gasteiger partial charge in [0.1, 0.15) is 0 Å². The van der Waals surface area contributed by atoms with E-state index in [-0.39, 0.29) is 0 Å². The summed E-state index contributed by atoms with van der Waals surface area (Å²) in [4.78, 5) is 0. The highest BCUT2D eigenvalue weighted by Gasteiger charge is 2.74. The number of alkyl halides is 8. The Hall–Kier alpha value is 0.240. The molecule has 0 aliphatic rings. The zero-order valence-corrected chi connectivity index (χ0v) is 8.97. The number of hydrogen-bond donors (Lipinski definition) is 0. The lowest BCUT2D eigenvalue weighted by Crippen LogP contribution is -2.55. The van der Waals surface area contributed by atoms with Gasteiger partial charge in [0.05, 0.1) is 0 Å². The highest BCUT2D eigenvalue weighted by Crippen LogP contribution is 2.49. The fraction of sp³-hybridized carbons (Fsp3) is 1.00. The molecule has 8 heteroatoms. The molecule has 0 saturated carbocycles. The van der Waals surface area contributed by atoms with Crippen molar-refractivity contribution in [3.63, 3.8) is 0 Å². The molecule has 0 aliphatic carbocycles. The van der Waals surface area contributed by atoms with Crippen molar-refractivity contribution in [1.29, 1.82) is 0 Å². The molecule has 0 aromatic carbocycles. The molecule has 0 aromatic heterocycles. The molecule has 0 spiro atoms. The van der Waals surface area contributed by atoms with E-state index in [0.29, 0.717) is 6.92 Å². The van der Waals surface area contributed by atoms with Crippen molar-refractivity contribution >= 4 is 22.6 Å². The second kappa shape index (κ2) is 4.01. The van der Waals surface area contributed by atoms with Crippen molar-refractivity contribution in [3.8, 4) is 0 Å². The van der Waals surface area contributed by atoms with E-state index in [4.69, 9.17) is 0 Å². The van der Waals surface area contributed by atoms with Crippen LogP contribution in [0.15, 0.2) is 0 Å². The summed E-state index contributed by atoms with van der Waals surface area (Å²) < 4.78 is 84.1. The molecule has 14 heavy (non-hydrogen) atoms. The van der Waals surface area contributed by atoms with Gasteiger partial charge in [-0.05, 0) is 0 Å². The normalized spacial score (nSPS) is 16.9. The molecule has 0 saturated heterocycles. The molecule has 0 amide bonds. The van der Waals surface area contributed by atoms with E-state index in [9.17, 15) is 30.7 Å². The van der Waals surface area contributed by atoms with Gasteiger partial charge in [-0.15, -0.1) is 0 Å². The van der Waals surface area contributed by atoms with Gasteiger partial charge in [-0.3, -0.25) is 0 Å². The quantitative estimate of drug-likeness (QED) is 0.416. The molecule has 0 aliphatic heterocycles. The molecule has 1 atom stereocenters. The first-order valence-corrected chi connectivity index (χ1v) is 4.89. The molecule has 86 valence electrons. The van der Waals surface area contributed by atoms with E-state index in [1.807, 2.05) is 0 Å². The van der Waals surface area contributed by atoms with Crippen LogP contribution in [0.2, 0.25) is 0 Å². The Kier molecular flexibility index (Phi) is 4.08. The average Bonchev–Trinajstić information content (AvgIpc) is 2.00. The number of rotatable bonds is 3. The SMILES string of the molecule is CC(CI)C(F)(F)C(F)(F)C(F)(F)F. The average molecular weight is 338 g/mol. The van der Waals surface area contributed by atoms with Gasteiger partial charge in [-0.2, -0.15) is 30.7 Å². The summed E-state index contributed by atoms with van der Waals surface area (Å²) in [7, 11) is 0. The lowest BCUT2D eigenvalue weighted by atomic mass is 9.99. The Morgan fingerprint density at radius 1 is 1.00 bits per heavy atom. The smallest absolute Gasteiger partial charge is 0.199 e. The summed E-state index contributed by atoms with van der Waals surface area (Å²) in [6.45, 7) is 0.645. The van der Waals surface area contributed by atoms with Gasteiger partial charge in [0, 0.05) is 10.3 Å². The third-order valence-corrected chi connectivity index (χ3v) is 2.95. The summed E-state index contributed by atoms with van der Waals surface area (Å²) in [6, 6.07) is 0. The standard InChI is InChI=1S/C6H6F7I/c1-3(2-14)4(7,8)5(9,10)6(11,12)13/h3H,2H2,1H3. The monoisotopic (exact) mass is 338 g/mol. The highest BCUT2D eigenvalue weighted by molar-refractivity contribution is 14.1. The van der Waals surface area contributed by atoms with Crippen molar-refractivity contribution in [2.75, 3.05) is 4.43 Å². The second-order valence-electron chi connectivity index (χ2n) is 2.75. The van der Waals surface area contributed by atoms with Crippen LogP contribution in [0.4, 0.5) is 30.7 Å². The minimum atomic E-state index is -6.23. The predicted octanol–water partition coefficient (Wildman–Crippen LogP) is 3.89. The topological polar surface area (TPSA) is 0 Å². The minimum Gasteiger partial charge on any atom is -0.199 e. The van der Waals surface area contributed by atoms with E-state index in [2.05, 4.69) is 0 Å². The fourth-order valence-corrected chi connectivity index (χ4v) is 1.15. The maximum atomic E-state index is 12.6. The van der Waals surface area contributed by atoms with Gasteiger partial charge in [-0.25, -0.2) is 0 Å². The zero-order chi connectivity index (χ0) is 11.8. The first-order valence-electron chi connectivity index (χ1n) is 3.36. The molecule has 0 radical (unpaired) electrons. The lowest BCUT2D eigenvalue weighted by molar-refractivity contribution is -0.363. The van der Waals surface area contributed by atoms with Crippen LogP contribution in [0.3, 0.4) is 0 Å². The first-order chi connectivity index (χ1) is 5.98. The Labute approximate surface area is 89.0 Å². The van der Waals surface area contributed by atoms with Crippen LogP contribution in [0.5, 0.6) is 0 Å².